The van der Waals surface area contributed by atoms with E-state index in [-0.39, 0.29) is 0 Å². The first-order valence-electron chi connectivity index (χ1n) is 2.73. The third-order valence-corrected chi connectivity index (χ3v) is 0.893. The maximum Gasteiger partial charge on any atom is 0.413 e. The fraction of sp³-hybridized carbons (Fsp3) is 0.333. The van der Waals surface area contributed by atoms with Gasteiger partial charge in [-0.2, -0.15) is 5.26 Å². The standard InChI is InChI=1S/C6H8N2O3/c1-8(6(10)11-2)4-5(9)3-7/h4,9H,1-2H3. The molecule has 0 bridgehead atoms. The molecule has 0 aliphatic heterocycles. The molecule has 0 aromatic carbocycles. The van der Waals surface area contributed by atoms with Crippen molar-refractivity contribution in [3.63, 3.8) is 0 Å². The van der Waals surface area contributed by atoms with Gasteiger partial charge in [0.2, 0.25) is 5.76 Å². The van der Waals surface area contributed by atoms with Crippen molar-refractivity contribution in [2.24, 2.45) is 0 Å². The van der Waals surface area contributed by atoms with E-state index in [1.807, 2.05) is 0 Å². The van der Waals surface area contributed by atoms with Crippen molar-refractivity contribution in [3.05, 3.63) is 12.0 Å². The summed E-state index contributed by atoms with van der Waals surface area (Å²) in [6.45, 7) is 0. The van der Waals surface area contributed by atoms with E-state index in [2.05, 4.69) is 4.74 Å². The van der Waals surface area contributed by atoms with Crippen LogP contribution in [0.5, 0.6) is 0 Å². The van der Waals surface area contributed by atoms with Crippen LogP contribution in [0.2, 0.25) is 0 Å². The zero-order chi connectivity index (χ0) is 8.85. The number of carbonyl (C=O) groups excluding carboxylic acids is 1. The lowest BCUT2D eigenvalue weighted by atomic mass is 10.6. The Kier molecular flexibility index (Phi) is 3.52. The van der Waals surface area contributed by atoms with Crippen LogP contribution in [0.15, 0.2) is 12.0 Å². The van der Waals surface area contributed by atoms with E-state index < -0.39 is 11.9 Å². The minimum atomic E-state index is -0.646. The Morgan fingerprint density at radius 3 is 2.73 bits per heavy atom. The van der Waals surface area contributed by atoms with Gasteiger partial charge in [0, 0.05) is 7.05 Å². The summed E-state index contributed by atoms with van der Waals surface area (Å²) in [5.74, 6) is -0.544. The van der Waals surface area contributed by atoms with Gasteiger partial charge < -0.3 is 9.84 Å². The number of carbonyl (C=O) groups is 1. The molecular formula is C6H8N2O3. The van der Waals surface area contributed by atoms with Gasteiger partial charge in [-0.05, 0) is 0 Å². The molecule has 5 nitrogen and oxygen atoms in total. The van der Waals surface area contributed by atoms with Crippen LogP contribution in [-0.2, 0) is 4.74 Å². The van der Waals surface area contributed by atoms with E-state index >= 15 is 0 Å². The number of aliphatic hydroxyl groups is 1. The number of nitriles is 1. The molecular weight excluding hydrogens is 148 g/mol. The van der Waals surface area contributed by atoms with Crippen LogP contribution in [0.25, 0.3) is 0 Å². The summed E-state index contributed by atoms with van der Waals surface area (Å²) in [5.41, 5.74) is 0. The number of nitrogens with zero attached hydrogens (tertiary/aromatic N) is 2. The molecule has 0 atom stereocenters. The predicted molar refractivity (Wildman–Crippen MR) is 36.5 cm³/mol. The molecule has 0 heterocycles. The maximum atomic E-state index is 10.6. The highest BCUT2D eigenvalue weighted by atomic mass is 16.5. The summed E-state index contributed by atoms with van der Waals surface area (Å²) >= 11 is 0. The van der Waals surface area contributed by atoms with E-state index in [9.17, 15) is 4.79 Å². The highest BCUT2D eigenvalue weighted by molar-refractivity contribution is 5.68. The van der Waals surface area contributed by atoms with Gasteiger partial charge in [0.15, 0.2) is 0 Å². The quantitative estimate of drug-likeness (QED) is 0.343. The predicted octanol–water partition coefficient (Wildman–Crippen LogP) is 0.608. The third-order valence-electron chi connectivity index (χ3n) is 0.893. The number of hydrogen-bond donors (Lipinski definition) is 1. The van der Waals surface area contributed by atoms with E-state index in [4.69, 9.17) is 10.4 Å². The normalized spacial score (nSPS) is 10.1. The zero-order valence-electron chi connectivity index (χ0n) is 6.24. The second-order valence-corrected chi connectivity index (χ2v) is 1.71. The third kappa shape index (κ3) is 3.11. The van der Waals surface area contributed by atoms with E-state index in [0.29, 0.717) is 0 Å². The number of allylic oxidation sites excluding steroid dienone is 1. The topological polar surface area (TPSA) is 73.6 Å². The van der Waals surface area contributed by atoms with Crippen LogP contribution in [0.4, 0.5) is 4.79 Å². The van der Waals surface area contributed by atoms with E-state index in [1.165, 1.54) is 20.2 Å². The molecule has 0 aliphatic rings. The van der Waals surface area contributed by atoms with E-state index in [1.54, 1.807) is 0 Å². The van der Waals surface area contributed by atoms with E-state index in [0.717, 1.165) is 11.1 Å². The highest BCUT2D eigenvalue weighted by Gasteiger charge is 2.04. The molecule has 0 fully saturated rings. The van der Waals surface area contributed by atoms with Crippen LogP contribution >= 0.6 is 0 Å². The van der Waals surface area contributed by atoms with Crippen molar-refractivity contribution in [2.75, 3.05) is 14.2 Å². The number of amides is 1. The van der Waals surface area contributed by atoms with Gasteiger partial charge in [-0.3, -0.25) is 4.90 Å². The number of ether oxygens (including phenoxy) is 1. The van der Waals surface area contributed by atoms with Crippen LogP contribution in [0.1, 0.15) is 0 Å². The first-order chi connectivity index (χ1) is 5.11. The Morgan fingerprint density at radius 2 is 2.36 bits per heavy atom. The van der Waals surface area contributed by atoms with Crippen LogP contribution in [0.3, 0.4) is 0 Å². The van der Waals surface area contributed by atoms with Crippen molar-refractivity contribution in [3.8, 4) is 6.07 Å². The first kappa shape index (κ1) is 9.30. The molecule has 0 saturated carbocycles. The molecule has 11 heavy (non-hydrogen) atoms. The second kappa shape index (κ2) is 4.17. The van der Waals surface area contributed by atoms with Crippen molar-refractivity contribution in [1.82, 2.24) is 4.90 Å². The Morgan fingerprint density at radius 1 is 1.82 bits per heavy atom. The molecule has 5 heteroatoms. The van der Waals surface area contributed by atoms with Crippen molar-refractivity contribution in [1.29, 1.82) is 5.26 Å². The Balaban J connectivity index is 4.19. The minimum absolute atomic E-state index is 0.544. The summed E-state index contributed by atoms with van der Waals surface area (Å²) < 4.78 is 4.28. The molecule has 1 amide bonds. The SMILES string of the molecule is COC(=O)N(C)C=C(O)C#N. The summed E-state index contributed by atoms with van der Waals surface area (Å²) in [6, 6.07) is 1.44. The summed E-state index contributed by atoms with van der Waals surface area (Å²) in [4.78, 5) is 11.6. The fourth-order valence-electron chi connectivity index (χ4n) is 0.409. The Hall–Kier alpha value is -1.70. The molecule has 0 unspecified atom stereocenters. The largest absolute Gasteiger partial charge is 0.498 e. The number of methoxy groups -OCH3 is 1. The smallest absolute Gasteiger partial charge is 0.413 e. The summed E-state index contributed by atoms with van der Waals surface area (Å²) in [7, 11) is 2.56. The molecule has 0 spiro atoms. The van der Waals surface area contributed by atoms with Gasteiger partial charge in [-0.1, -0.05) is 0 Å². The number of aliphatic hydroxyl groups excluding tert-OH is 1. The van der Waals surface area contributed by atoms with Crippen LogP contribution < -0.4 is 0 Å². The second-order valence-electron chi connectivity index (χ2n) is 1.71. The van der Waals surface area contributed by atoms with Crippen LogP contribution in [-0.4, -0.2) is 30.3 Å². The van der Waals surface area contributed by atoms with Gasteiger partial charge >= 0.3 is 6.09 Å². The van der Waals surface area contributed by atoms with Gasteiger partial charge in [-0.25, -0.2) is 4.79 Å². The molecule has 0 rings (SSSR count). The van der Waals surface area contributed by atoms with Crippen molar-refractivity contribution in [2.45, 2.75) is 0 Å². The minimum Gasteiger partial charge on any atom is -0.498 e. The zero-order valence-corrected chi connectivity index (χ0v) is 6.24. The number of hydrogen-bond acceptors (Lipinski definition) is 4. The molecule has 60 valence electrons. The van der Waals surface area contributed by atoms with Crippen molar-refractivity contribution >= 4 is 6.09 Å². The summed E-state index contributed by atoms with van der Waals surface area (Å²) in [5, 5.41) is 16.7. The first-order valence-corrected chi connectivity index (χ1v) is 2.73. The number of rotatable bonds is 1. The van der Waals surface area contributed by atoms with Gasteiger partial charge in [0.1, 0.15) is 6.07 Å². The molecule has 0 radical (unpaired) electrons. The monoisotopic (exact) mass is 156 g/mol. The molecule has 1 N–H and O–H groups in total. The average Bonchev–Trinajstić information content (AvgIpc) is 2.02. The maximum absolute atomic E-state index is 10.6. The lowest BCUT2D eigenvalue weighted by Gasteiger charge is -2.08. The fourth-order valence-corrected chi connectivity index (χ4v) is 0.409. The highest BCUT2D eigenvalue weighted by Crippen LogP contribution is 1.92. The van der Waals surface area contributed by atoms with Crippen LogP contribution in [0, 0.1) is 11.3 Å². The summed E-state index contributed by atoms with van der Waals surface area (Å²) in [6.07, 6.45) is 0.318. The van der Waals surface area contributed by atoms with Crippen molar-refractivity contribution < 1.29 is 14.6 Å². The molecule has 0 aromatic heterocycles. The Bertz CT molecular complexity index is 216. The molecule has 0 aromatic rings. The molecule has 0 aliphatic carbocycles. The average molecular weight is 156 g/mol. The lowest BCUT2D eigenvalue weighted by Crippen LogP contribution is -2.20. The van der Waals surface area contributed by atoms with Gasteiger partial charge in [-0.15, -0.1) is 0 Å². The molecule has 0 saturated heterocycles. The Labute approximate surface area is 64.1 Å². The van der Waals surface area contributed by atoms with Gasteiger partial charge in [0.25, 0.3) is 0 Å². The lowest BCUT2D eigenvalue weighted by molar-refractivity contribution is 0.146. The van der Waals surface area contributed by atoms with Gasteiger partial charge in [0.05, 0.1) is 13.3 Å².